The molecule has 0 aliphatic carbocycles. The number of ether oxygens (including phenoxy) is 2. The quantitative estimate of drug-likeness (QED) is 0.760. The predicted octanol–water partition coefficient (Wildman–Crippen LogP) is 2.39. The van der Waals surface area contributed by atoms with E-state index in [0.717, 1.165) is 48.7 Å². The topological polar surface area (TPSA) is 59.1 Å². The largest absolute Gasteiger partial charge is 0.383 e. The smallest absolute Gasteiger partial charge is 0.263 e. The fraction of sp³-hybridized carbons (Fsp3) is 0.684. The standard InChI is InChI=1S/C19H28N2O4S/c1-24-11-10-20-13-19(8-6-17(20)22)7-3-9-21(14-19)18(23)16-5-4-15(26-16)12-25-2/h4-5H,3,6-14H2,1-2H3/t19-/m0/s1. The first kappa shape index (κ1) is 19.3. The lowest BCUT2D eigenvalue weighted by molar-refractivity contribution is -0.139. The molecule has 0 N–H and O–H groups in total. The van der Waals surface area contributed by atoms with E-state index < -0.39 is 0 Å². The average molecular weight is 381 g/mol. The van der Waals surface area contributed by atoms with Crippen LogP contribution in [-0.2, 0) is 20.9 Å². The van der Waals surface area contributed by atoms with Crippen LogP contribution >= 0.6 is 11.3 Å². The Hall–Kier alpha value is -1.44. The van der Waals surface area contributed by atoms with Crippen LogP contribution in [0.2, 0.25) is 0 Å². The van der Waals surface area contributed by atoms with Gasteiger partial charge in [0, 0.05) is 57.1 Å². The monoisotopic (exact) mass is 380 g/mol. The normalized spacial score (nSPS) is 23.7. The maximum absolute atomic E-state index is 13.0. The number of hydrogen-bond donors (Lipinski definition) is 0. The van der Waals surface area contributed by atoms with E-state index in [1.165, 1.54) is 11.3 Å². The first-order chi connectivity index (χ1) is 12.6. The summed E-state index contributed by atoms with van der Waals surface area (Å²) in [7, 11) is 3.32. The minimum atomic E-state index is 0.0299. The van der Waals surface area contributed by atoms with E-state index in [1.54, 1.807) is 14.2 Å². The molecule has 26 heavy (non-hydrogen) atoms. The van der Waals surface area contributed by atoms with Gasteiger partial charge in [0.2, 0.25) is 5.91 Å². The number of piperidine rings is 2. The lowest BCUT2D eigenvalue weighted by Gasteiger charge is -2.48. The van der Waals surface area contributed by atoms with Crippen LogP contribution in [0.4, 0.5) is 0 Å². The molecule has 0 aromatic carbocycles. The van der Waals surface area contributed by atoms with Gasteiger partial charge in [0.25, 0.3) is 5.91 Å². The van der Waals surface area contributed by atoms with Gasteiger partial charge in [-0.05, 0) is 31.4 Å². The Balaban J connectivity index is 1.67. The number of carbonyl (C=O) groups is 2. The Labute approximate surface area is 159 Å². The third-order valence-corrected chi connectivity index (χ3v) is 6.47. The lowest BCUT2D eigenvalue weighted by Crippen LogP contribution is -2.55. The third kappa shape index (κ3) is 4.27. The van der Waals surface area contributed by atoms with E-state index in [-0.39, 0.29) is 17.2 Å². The Morgan fingerprint density at radius 2 is 2.08 bits per heavy atom. The second-order valence-corrected chi connectivity index (χ2v) is 8.51. The summed E-state index contributed by atoms with van der Waals surface area (Å²) < 4.78 is 10.3. The van der Waals surface area contributed by atoms with E-state index >= 15 is 0 Å². The van der Waals surface area contributed by atoms with Crippen LogP contribution in [-0.4, -0.2) is 68.6 Å². The summed E-state index contributed by atoms with van der Waals surface area (Å²) in [6, 6.07) is 3.87. The van der Waals surface area contributed by atoms with Gasteiger partial charge in [-0.1, -0.05) is 0 Å². The first-order valence-electron chi connectivity index (χ1n) is 9.20. The van der Waals surface area contributed by atoms with Crippen LogP contribution in [0.25, 0.3) is 0 Å². The summed E-state index contributed by atoms with van der Waals surface area (Å²) in [6.45, 7) is 4.00. The van der Waals surface area contributed by atoms with Crippen LogP contribution < -0.4 is 0 Å². The van der Waals surface area contributed by atoms with Gasteiger partial charge in [0.1, 0.15) is 0 Å². The molecule has 2 aliphatic heterocycles. The first-order valence-corrected chi connectivity index (χ1v) is 10.0. The summed E-state index contributed by atoms with van der Waals surface area (Å²) in [4.78, 5) is 30.9. The number of nitrogens with zero attached hydrogens (tertiary/aromatic N) is 2. The summed E-state index contributed by atoms with van der Waals surface area (Å²) in [5.74, 6) is 0.315. The van der Waals surface area contributed by atoms with Crippen LogP contribution in [0.3, 0.4) is 0 Å². The SMILES string of the molecule is COCCN1C[C@]2(CCCN(C(=O)c3ccc(COC)s3)C2)CCC1=O. The van der Waals surface area contributed by atoms with Crippen molar-refractivity contribution in [3.8, 4) is 0 Å². The highest BCUT2D eigenvalue weighted by Crippen LogP contribution is 2.39. The molecule has 0 bridgehead atoms. The highest BCUT2D eigenvalue weighted by molar-refractivity contribution is 7.14. The summed E-state index contributed by atoms with van der Waals surface area (Å²) in [6.07, 6.45) is 3.52. The number of likely N-dealkylation sites (tertiary alicyclic amines) is 2. The number of carbonyl (C=O) groups excluding carboxylic acids is 2. The zero-order chi connectivity index (χ0) is 18.6. The van der Waals surface area contributed by atoms with Crippen molar-refractivity contribution in [2.24, 2.45) is 5.41 Å². The van der Waals surface area contributed by atoms with Gasteiger partial charge in [-0.15, -0.1) is 11.3 Å². The average Bonchev–Trinajstić information content (AvgIpc) is 3.11. The molecule has 0 unspecified atom stereocenters. The predicted molar refractivity (Wildman–Crippen MR) is 100 cm³/mol. The van der Waals surface area contributed by atoms with Crippen LogP contribution in [0.15, 0.2) is 12.1 Å². The molecule has 1 aromatic heterocycles. The summed E-state index contributed by atoms with van der Waals surface area (Å²) in [5, 5.41) is 0. The zero-order valence-corrected chi connectivity index (χ0v) is 16.5. The molecule has 2 amide bonds. The van der Waals surface area contributed by atoms with Gasteiger partial charge < -0.3 is 19.3 Å². The zero-order valence-electron chi connectivity index (χ0n) is 15.7. The maximum atomic E-state index is 13.0. The molecular formula is C19H28N2O4S. The van der Waals surface area contributed by atoms with Crippen molar-refractivity contribution in [1.29, 1.82) is 0 Å². The molecule has 144 valence electrons. The molecule has 6 nitrogen and oxygen atoms in total. The van der Waals surface area contributed by atoms with Gasteiger partial charge in [0.05, 0.1) is 18.1 Å². The van der Waals surface area contributed by atoms with E-state index in [1.807, 2.05) is 21.9 Å². The van der Waals surface area contributed by atoms with Crippen molar-refractivity contribution in [3.63, 3.8) is 0 Å². The van der Waals surface area contributed by atoms with Gasteiger partial charge in [-0.3, -0.25) is 9.59 Å². The summed E-state index contributed by atoms with van der Waals surface area (Å²) >= 11 is 1.51. The van der Waals surface area contributed by atoms with E-state index in [9.17, 15) is 9.59 Å². The van der Waals surface area contributed by atoms with E-state index in [0.29, 0.717) is 26.2 Å². The van der Waals surface area contributed by atoms with Crippen molar-refractivity contribution >= 4 is 23.2 Å². The highest BCUT2D eigenvalue weighted by atomic mass is 32.1. The third-order valence-electron chi connectivity index (χ3n) is 5.42. The van der Waals surface area contributed by atoms with Crippen molar-refractivity contribution in [2.45, 2.75) is 32.3 Å². The Bertz CT molecular complexity index is 647. The molecule has 1 aromatic rings. The van der Waals surface area contributed by atoms with Crippen molar-refractivity contribution in [3.05, 3.63) is 21.9 Å². The Morgan fingerprint density at radius 1 is 1.23 bits per heavy atom. The summed E-state index contributed by atoms with van der Waals surface area (Å²) in [5.41, 5.74) is 0.0299. The molecule has 2 aliphatic rings. The van der Waals surface area contributed by atoms with Crippen molar-refractivity contribution in [1.82, 2.24) is 9.80 Å². The second kappa shape index (κ2) is 8.50. The molecule has 3 rings (SSSR count). The molecule has 2 saturated heterocycles. The molecule has 3 heterocycles. The molecule has 0 saturated carbocycles. The Kier molecular flexibility index (Phi) is 6.32. The number of hydrogen-bond acceptors (Lipinski definition) is 5. The van der Waals surface area contributed by atoms with Gasteiger partial charge in [-0.25, -0.2) is 0 Å². The fourth-order valence-corrected chi connectivity index (χ4v) is 5.04. The molecular weight excluding hydrogens is 352 g/mol. The van der Waals surface area contributed by atoms with E-state index in [2.05, 4.69) is 0 Å². The van der Waals surface area contributed by atoms with E-state index in [4.69, 9.17) is 9.47 Å². The van der Waals surface area contributed by atoms with Gasteiger partial charge >= 0.3 is 0 Å². The molecule has 2 fully saturated rings. The number of rotatable bonds is 6. The van der Waals surface area contributed by atoms with Crippen LogP contribution in [0.1, 0.15) is 40.2 Å². The lowest BCUT2D eigenvalue weighted by atomic mass is 9.73. The molecule has 1 spiro atoms. The molecule has 7 heteroatoms. The van der Waals surface area contributed by atoms with Gasteiger partial charge in [0.15, 0.2) is 0 Å². The molecule has 1 atom stereocenters. The van der Waals surface area contributed by atoms with Crippen LogP contribution in [0, 0.1) is 5.41 Å². The number of amides is 2. The minimum Gasteiger partial charge on any atom is -0.383 e. The fourth-order valence-electron chi connectivity index (χ4n) is 4.09. The molecule has 0 radical (unpaired) electrons. The highest BCUT2D eigenvalue weighted by Gasteiger charge is 2.42. The van der Waals surface area contributed by atoms with Crippen molar-refractivity contribution < 1.29 is 19.1 Å². The second-order valence-electron chi connectivity index (χ2n) is 7.34. The van der Waals surface area contributed by atoms with Crippen molar-refractivity contribution in [2.75, 3.05) is 47.0 Å². The maximum Gasteiger partial charge on any atom is 0.263 e. The minimum absolute atomic E-state index is 0.0299. The number of thiophene rings is 1. The Morgan fingerprint density at radius 3 is 2.85 bits per heavy atom. The van der Waals surface area contributed by atoms with Crippen LogP contribution in [0.5, 0.6) is 0 Å². The van der Waals surface area contributed by atoms with Gasteiger partial charge in [-0.2, -0.15) is 0 Å². The number of methoxy groups -OCH3 is 2.